The molecule has 15 heavy (non-hydrogen) atoms. The molecular weight excluding hydrogens is 196 g/mol. The highest BCUT2D eigenvalue weighted by molar-refractivity contribution is 5.97. The van der Waals surface area contributed by atoms with Crippen molar-refractivity contribution in [2.45, 2.75) is 0 Å². The number of carbonyl (C=O) groups is 1. The molecule has 0 heterocycles. The van der Waals surface area contributed by atoms with Gasteiger partial charge in [-0.3, -0.25) is 4.79 Å². The maximum Gasteiger partial charge on any atom is 0.255 e. The van der Waals surface area contributed by atoms with Crippen molar-refractivity contribution < 1.29 is 14.6 Å². The van der Waals surface area contributed by atoms with Crippen LogP contribution in [0.25, 0.3) is 0 Å². The molecule has 0 aromatic heterocycles. The molecule has 5 heteroatoms. The Morgan fingerprint density at radius 1 is 1.60 bits per heavy atom. The number of rotatable bonds is 4. The summed E-state index contributed by atoms with van der Waals surface area (Å²) < 4.78 is 4.95. The summed E-state index contributed by atoms with van der Waals surface area (Å²) >= 11 is 0. The number of methoxy groups -OCH3 is 1. The first-order chi connectivity index (χ1) is 7.19. The lowest BCUT2D eigenvalue weighted by Crippen LogP contribution is -2.29. The van der Waals surface area contributed by atoms with E-state index in [-0.39, 0.29) is 17.2 Å². The first-order valence-corrected chi connectivity index (χ1v) is 4.54. The molecule has 0 radical (unpaired) electrons. The van der Waals surface area contributed by atoms with Crippen LogP contribution in [0.3, 0.4) is 0 Å². The molecule has 0 aliphatic carbocycles. The van der Waals surface area contributed by atoms with E-state index in [9.17, 15) is 9.90 Å². The predicted molar refractivity (Wildman–Crippen MR) is 56.0 cm³/mol. The molecule has 5 nitrogen and oxygen atoms in total. The lowest BCUT2D eigenvalue weighted by atomic mass is 10.2. The molecule has 1 rings (SSSR count). The van der Waals surface area contributed by atoms with E-state index >= 15 is 0 Å². The second-order valence-electron chi connectivity index (χ2n) is 2.93. The van der Waals surface area contributed by atoms with Gasteiger partial charge >= 0.3 is 0 Å². The van der Waals surface area contributed by atoms with Crippen LogP contribution in [0.15, 0.2) is 18.2 Å². The second-order valence-corrected chi connectivity index (χ2v) is 2.93. The van der Waals surface area contributed by atoms with Crippen LogP contribution < -0.4 is 15.8 Å². The van der Waals surface area contributed by atoms with Crippen LogP contribution in [-0.4, -0.2) is 31.2 Å². The van der Waals surface area contributed by atoms with Gasteiger partial charge in [-0.2, -0.15) is 0 Å². The number of benzene rings is 1. The number of ether oxygens (including phenoxy) is 1. The standard InChI is InChI=1S/C10H14N2O3/c1-15-7-2-3-9(13)8(6-7)10(14)12-5-4-11/h2-3,6,13H,4-5,11H2,1H3,(H,12,14). The van der Waals surface area contributed by atoms with Gasteiger partial charge in [0.1, 0.15) is 11.5 Å². The maximum atomic E-state index is 11.5. The summed E-state index contributed by atoms with van der Waals surface area (Å²) in [6.07, 6.45) is 0. The molecule has 0 fully saturated rings. The van der Waals surface area contributed by atoms with Crippen molar-refractivity contribution in [3.8, 4) is 11.5 Å². The molecule has 0 unspecified atom stereocenters. The first-order valence-electron chi connectivity index (χ1n) is 4.54. The summed E-state index contributed by atoms with van der Waals surface area (Å²) in [5, 5.41) is 12.0. The molecule has 0 aliphatic heterocycles. The number of amides is 1. The number of hydrogen-bond donors (Lipinski definition) is 3. The van der Waals surface area contributed by atoms with Gasteiger partial charge in [0.05, 0.1) is 12.7 Å². The van der Waals surface area contributed by atoms with Crippen LogP contribution in [0.1, 0.15) is 10.4 Å². The number of phenols is 1. The quantitative estimate of drug-likeness (QED) is 0.657. The van der Waals surface area contributed by atoms with Crippen molar-refractivity contribution in [1.82, 2.24) is 5.32 Å². The third kappa shape index (κ3) is 2.85. The number of carbonyl (C=O) groups excluding carboxylic acids is 1. The van der Waals surface area contributed by atoms with Gasteiger partial charge < -0.3 is 20.9 Å². The molecule has 1 aromatic carbocycles. The van der Waals surface area contributed by atoms with Gasteiger partial charge in [0.2, 0.25) is 0 Å². The number of nitrogens with two attached hydrogens (primary N) is 1. The molecule has 0 atom stereocenters. The Labute approximate surface area is 87.9 Å². The third-order valence-corrected chi connectivity index (χ3v) is 1.88. The second kappa shape index (κ2) is 5.21. The number of aromatic hydroxyl groups is 1. The Morgan fingerprint density at radius 2 is 2.33 bits per heavy atom. The monoisotopic (exact) mass is 210 g/mol. The Bertz CT molecular complexity index is 353. The van der Waals surface area contributed by atoms with Gasteiger partial charge in [-0.25, -0.2) is 0 Å². The highest BCUT2D eigenvalue weighted by Gasteiger charge is 2.11. The first kappa shape index (κ1) is 11.3. The van der Waals surface area contributed by atoms with E-state index in [1.54, 1.807) is 6.07 Å². The van der Waals surface area contributed by atoms with Gasteiger partial charge in [-0.1, -0.05) is 0 Å². The Morgan fingerprint density at radius 3 is 2.93 bits per heavy atom. The Balaban J connectivity index is 2.86. The summed E-state index contributed by atoms with van der Waals surface area (Å²) in [5.74, 6) is 0.0767. The predicted octanol–water partition coefficient (Wildman–Crippen LogP) is 0.0893. The highest BCUT2D eigenvalue weighted by atomic mass is 16.5. The molecule has 0 aliphatic rings. The number of nitrogens with one attached hydrogen (secondary N) is 1. The minimum atomic E-state index is -0.364. The van der Waals surface area contributed by atoms with Crippen molar-refractivity contribution >= 4 is 5.91 Å². The summed E-state index contributed by atoms with van der Waals surface area (Å²) in [6, 6.07) is 4.46. The van der Waals surface area contributed by atoms with Gasteiger partial charge in [-0.05, 0) is 18.2 Å². The van der Waals surface area contributed by atoms with Crippen LogP contribution in [0.5, 0.6) is 11.5 Å². The minimum Gasteiger partial charge on any atom is -0.507 e. The molecule has 0 saturated heterocycles. The molecule has 1 aromatic rings. The minimum absolute atomic E-state index is 0.0784. The Hall–Kier alpha value is -1.75. The van der Waals surface area contributed by atoms with Crippen molar-refractivity contribution in [3.63, 3.8) is 0 Å². The molecule has 1 amide bonds. The maximum absolute atomic E-state index is 11.5. The number of phenolic OH excluding ortho intramolecular Hbond substituents is 1. The van der Waals surface area contributed by atoms with Gasteiger partial charge in [0.15, 0.2) is 0 Å². The van der Waals surface area contributed by atoms with Crippen LogP contribution in [0, 0.1) is 0 Å². The van der Waals surface area contributed by atoms with E-state index in [1.165, 1.54) is 19.2 Å². The molecule has 82 valence electrons. The van der Waals surface area contributed by atoms with Crippen LogP contribution in [0.4, 0.5) is 0 Å². The van der Waals surface area contributed by atoms with Gasteiger partial charge in [0.25, 0.3) is 5.91 Å². The summed E-state index contributed by atoms with van der Waals surface area (Å²) in [6.45, 7) is 0.728. The summed E-state index contributed by atoms with van der Waals surface area (Å²) in [7, 11) is 1.49. The van der Waals surface area contributed by atoms with Crippen molar-refractivity contribution in [3.05, 3.63) is 23.8 Å². The normalized spacial score (nSPS) is 9.73. The van der Waals surface area contributed by atoms with Crippen molar-refractivity contribution in [2.75, 3.05) is 20.2 Å². The van der Waals surface area contributed by atoms with Crippen LogP contribution >= 0.6 is 0 Å². The zero-order valence-corrected chi connectivity index (χ0v) is 8.49. The van der Waals surface area contributed by atoms with Crippen LogP contribution in [0.2, 0.25) is 0 Å². The molecule has 0 bridgehead atoms. The van der Waals surface area contributed by atoms with Gasteiger partial charge in [-0.15, -0.1) is 0 Å². The molecular formula is C10H14N2O3. The number of hydrogen-bond acceptors (Lipinski definition) is 4. The van der Waals surface area contributed by atoms with Crippen molar-refractivity contribution in [1.29, 1.82) is 0 Å². The molecule has 0 saturated carbocycles. The van der Waals surface area contributed by atoms with Gasteiger partial charge in [0, 0.05) is 13.1 Å². The zero-order valence-electron chi connectivity index (χ0n) is 8.49. The zero-order chi connectivity index (χ0) is 11.3. The summed E-state index contributed by atoms with van der Waals surface area (Å²) in [4.78, 5) is 11.5. The van der Waals surface area contributed by atoms with Crippen molar-refractivity contribution in [2.24, 2.45) is 5.73 Å². The fourth-order valence-electron chi connectivity index (χ4n) is 1.10. The fraction of sp³-hybridized carbons (Fsp3) is 0.300. The Kier molecular flexibility index (Phi) is 3.93. The van der Waals surface area contributed by atoms with E-state index in [4.69, 9.17) is 10.5 Å². The molecule has 4 N–H and O–H groups in total. The van der Waals surface area contributed by atoms with E-state index in [2.05, 4.69) is 5.32 Å². The lowest BCUT2D eigenvalue weighted by Gasteiger charge is -2.07. The van der Waals surface area contributed by atoms with E-state index in [1.807, 2.05) is 0 Å². The van der Waals surface area contributed by atoms with Crippen LogP contribution in [-0.2, 0) is 0 Å². The molecule has 0 spiro atoms. The fourth-order valence-corrected chi connectivity index (χ4v) is 1.10. The van der Waals surface area contributed by atoms with E-state index in [0.29, 0.717) is 18.8 Å². The third-order valence-electron chi connectivity index (χ3n) is 1.88. The van der Waals surface area contributed by atoms with E-state index < -0.39 is 0 Å². The van der Waals surface area contributed by atoms with E-state index in [0.717, 1.165) is 0 Å². The summed E-state index contributed by atoms with van der Waals surface area (Å²) in [5.41, 5.74) is 5.43. The SMILES string of the molecule is COc1ccc(O)c(C(=O)NCCN)c1. The average Bonchev–Trinajstić information content (AvgIpc) is 2.26. The lowest BCUT2D eigenvalue weighted by molar-refractivity contribution is 0.0951. The average molecular weight is 210 g/mol. The smallest absolute Gasteiger partial charge is 0.255 e. The highest BCUT2D eigenvalue weighted by Crippen LogP contribution is 2.22. The topological polar surface area (TPSA) is 84.6 Å². The largest absolute Gasteiger partial charge is 0.507 e.